The lowest BCUT2D eigenvalue weighted by Gasteiger charge is -2.28. The summed E-state index contributed by atoms with van der Waals surface area (Å²) in [6, 6.07) is 16.9. The average molecular weight is 550 g/mol. The van der Waals surface area contributed by atoms with E-state index in [1.807, 2.05) is 25.1 Å². The van der Waals surface area contributed by atoms with Crippen molar-refractivity contribution in [1.29, 1.82) is 0 Å². The van der Waals surface area contributed by atoms with Crippen LogP contribution in [0.25, 0.3) is 0 Å². The first-order valence-corrected chi connectivity index (χ1v) is 12.8. The van der Waals surface area contributed by atoms with E-state index in [1.165, 1.54) is 48.3 Å². The Hall–Kier alpha value is -4.60. The van der Waals surface area contributed by atoms with Gasteiger partial charge in [0.2, 0.25) is 5.91 Å². The molecule has 0 radical (unpaired) electrons. The molecule has 2 N–H and O–H groups in total. The van der Waals surface area contributed by atoms with E-state index < -0.39 is 24.4 Å². The molecule has 1 fully saturated rings. The van der Waals surface area contributed by atoms with Crippen LogP contribution in [0.2, 0.25) is 0 Å². The first-order chi connectivity index (χ1) is 19.2. The minimum Gasteiger partial charge on any atom is -0.495 e. The normalized spacial score (nSPS) is 15.3. The third kappa shape index (κ3) is 6.17. The molecule has 0 spiro atoms. The van der Waals surface area contributed by atoms with Crippen LogP contribution in [-0.4, -0.2) is 56.0 Å². The van der Waals surface area contributed by atoms with Crippen LogP contribution in [0.4, 0.5) is 20.6 Å². The number of primary amides is 1. The van der Waals surface area contributed by atoms with E-state index in [4.69, 9.17) is 15.2 Å². The number of methoxy groups -OCH3 is 2. The smallest absolute Gasteiger partial charge is 0.337 e. The number of ether oxygens (including phenoxy) is 3. The van der Waals surface area contributed by atoms with E-state index in [2.05, 4.69) is 4.74 Å². The number of aryl methyl sites for hydroxylation is 1. The first kappa shape index (κ1) is 28.4. The van der Waals surface area contributed by atoms with Crippen LogP contribution in [-0.2, 0) is 16.0 Å². The number of anilines is 2. The molecule has 1 unspecified atom stereocenters. The van der Waals surface area contributed by atoms with Gasteiger partial charge in [-0.25, -0.2) is 9.59 Å². The van der Waals surface area contributed by atoms with Crippen LogP contribution in [0.1, 0.15) is 34.3 Å². The molecule has 3 amide bonds. The molecule has 0 aliphatic carbocycles. The van der Waals surface area contributed by atoms with Crippen molar-refractivity contribution in [3.63, 3.8) is 0 Å². The fourth-order valence-corrected chi connectivity index (χ4v) is 4.84. The molecule has 0 saturated carbocycles. The molecule has 40 heavy (non-hydrogen) atoms. The first-order valence-electron chi connectivity index (χ1n) is 12.8. The Labute approximate surface area is 232 Å². The number of nitrogens with two attached hydrogens (primary N) is 1. The lowest BCUT2D eigenvalue weighted by Crippen LogP contribution is -2.44. The number of amides is 3. The summed E-state index contributed by atoms with van der Waals surface area (Å²) in [5.74, 6) is -0.145. The number of rotatable bonds is 9. The highest BCUT2D eigenvalue weighted by molar-refractivity contribution is 6.00. The van der Waals surface area contributed by atoms with E-state index in [-0.39, 0.29) is 18.1 Å². The lowest BCUT2D eigenvalue weighted by molar-refractivity contribution is -0.135. The van der Waals surface area contributed by atoms with E-state index in [9.17, 15) is 14.4 Å². The number of likely N-dealkylation sites (tertiary alicyclic amines) is 1. The van der Waals surface area contributed by atoms with Crippen molar-refractivity contribution in [3.8, 4) is 11.5 Å². The van der Waals surface area contributed by atoms with Gasteiger partial charge in [0, 0.05) is 6.54 Å². The standard InChI is InChI=1S/C30H32FN3O6/c1-19-7-4-5-8-23(19)34(30(32)37)24-15-10-20(17-26(24)38-2)18-27(35)33-16-6-9-25(33)28(31)40-22-13-11-21(12-14-22)29(36)39-3/h4-5,7-8,10-15,17,25,28H,6,9,16,18H2,1-3H3,(H2,32,37)/t25-,28?/m0/s1. The molecule has 1 saturated heterocycles. The Morgan fingerprint density at radius 3 is 2.42 bits per heavy atom. The van der Waals surface area contributed by atoms with Gasteiger partial charge in [-0.05, 0) is 73.4 Å². The van der Waals surface area contributed by atoms with Crippen molar-refractivity contribution >= 4 is 29.3 Å². The Morgan fingerprint density at radius 1 is 1.05 bits per heavy atom. The minimum absolute atomic E-state index is 0.00855. The summed E-state index contributed by atoms with van der Waals surface area (Å²) in [6.45, 7) is 2.28. The zero-order chi connectivity index (χ0) is 28.8. The van der Waals surface area contributed by atoms with E-state index in [0.717, 1.165) is 5.56 Å². The maximum absolute atomic E-state index is 15.2. The SMILES string of the molecule is COC(=O)c1ccc(OC(F)[C@@H]2CCCN2C(=O)Cc2ccc(N(C(N)=O)c3ccccc3C)c(OC)c2)cc1. The van der Waals surface area contributed by atoms with Crippen LogP contribution < -0.4 is 20.1 Å². The van der Waals surface area contributed by atoms with Crippen molar-refractivity contribution in [3.05, 3.63) is 83.4 Å². The molecular formula is C30H32FN3O6. The molecular weight excluding hydrogens is 517 g/mol. The predicted octanol–water partition coefficient (Wildman–Crippen LogP) is 4.92. The highest BCUT2D eigenvalue weighted by Gasteiger charge is 2.36. The van der Waals surface area contributed by atoms with Gasteiger partial charge in [0.15, 0.2) is 0 Å². The number of hydrogen-bond acceptors (Lipinski definition) is 6. The number of carbonyl (C=O) groups is 3. The van der Waals surface area contributed by atoms with Crippen molar-refractivity contribution in [2.45, 2.75) is 38.6 Å². The summed E-state index contributed by atoms with van der Waals surface area (Å²) in [5.41, 5.74) is 8.59. The fraction of sp³-hybridized carbons (Fsp3) is 0.300. The summed E-state index contributed by atoms with van der Waals surface area (Å²) < 4.78 is 30.9. The monoisotopic (exact) mass is 549 g/mol. The van der Waals surface area contributed by atoms with Crippen LogP contribution in [0, 0.1) is 6.92 Å². The average Bonchev–Trinajstić information content (AvgIpc) is 3.45. The number of esters is 1. The maximum Gasteiger partial charge on any atom is 0.337 e. The molecule has 3 aromatic rings. The van der Waals surface area contributed by atoms with Crippen molar-refractivity contribution < 1.29 is 33.0 Å². The van der Waals surface area contributed by atoms with Gasteiger partial charge in [0.1, 0.15) is 11.5 Å². The number of carbonyl (C=O) groups excluding carboxylic acids is 3. The molecule has 2 atom stereocenters. The molecule has 1 aliphatic rings. The summed E-state index contributed by atoms with van der Waals surface area (Å²) in [6.07, 6.45) is -0.632. The van der Waals surface area contributed by atoms with Gasteiger partial charge in [-0.1, -0.05) is 24.3 Å². The molecule has 10 heteroatoms. The van der Waals surface area contributed by atoms with Crippen LogP contribution >= 0.6 is 0 Å². The number of benzene rings is 3. The molecule has 0 bridgehead atoms. The van der Waals surface area contributed by atoms with Crippen molar-refractivity contribution in [1.82, 2.24) is 4.90 Å². The summed E-state index contributed by atoms with van der Waals surface area (Å²) in [4.78, 5) is 40.1. The molecule has 1 aliphatic heterocycles. The second kappa shape index (κ2) is 12.5. The molecule has 210 valence electrons. The van der Waals surface area contributed by atoms with Crippen LogP contribution in [0.15, 0.2) is 66.7 Å². The molecule has 0 aromatic heterocycles. The molecule has 4 rings (SSSR count). The van der Waals surface area contributed by atoms with Crippen molar-refractivity contribution in [2.24, 2.45) is 5.73 Å². The largest absolute Gasteiger partial charge is 0.495 e. The fourth-order valence-electron chi connectivity index (χ4n) is 4.84. The van der Waals surface area contributed by atoms with E-state index in [0.29, 0.717) is 47.6 Å². The Balaban J connectivity index is 1.47. The van der Waals surface area contributed by atoms with Gasteiger partial charge in [-0.2, -0.15) is 4.39 Å². The summed E-state index contributed by atoms with van der Waals surface area (Å²) >= 11 is 0. The summed E-state index contributed by atoms with van der Waals surface area (Å²) in [5, 5.41) is 0. The van der Waals surface area contributed by atoms with Gasteiger partial charge in [0.05, 0.1) is 43.6 Å². The van der Waals surface area contributed by atoms with Gasteiger partial charge < -0.3 is 24.8 Å². The minimum atomic E-state index is -1.74. The number of para-hydroxylation sites is 1. The second-order valence-corrected chi connectivity index (χ2v) is 9.42. The van der Waals surface area contributed by atoms with Gasteiger partial charge in [-0.3, -0.25) is 9.69 Å². The number of halogens is 1. The molecule has 3 aromatic carbocycles. The summed E-state index contributed by atoms with van der Waals surface area (Å²) in [7, 11) is 2.75. The van der Waals surface area contributed by atoms with Crippen molar-refractivity contribution in [2.75, 3.05) is 25.7 Å². The number of urea groups is 1. The number of hydrogen-bond donors (Lipinski definition) is 1. The molecule has 9 nitrogen and oxygen atoms in total. The Kier molecular flexibility index (Phi) is 8.88. The van der Waals surface area contributed by atoms with E-state index >= 15 is 4.39 Å². The number of alkyl halides is 1. The quantitative estimate of drug-likeness (QED) is 0.380. The predicted molar refractivity (Wildman–Crippen MR) is 148 cm³/mol. The zero-order valence-electron chi connectivity index (χ0n) is 22.6. The van der Waals surface area contributed by atoms with Crippen LogP contribution in [0.5, 0.6) is 11.5 Å². The second-order valence-electron chi connectivity index (χ2n) is 9.42. The third-order valence-electron chi connectivity index (χ3n) is 6.86. The van der Waals surface area contributed by atoms with Gasteiger partial charge in [0.25, 0.3) is 6.36 Å². The van der Waals surface area contributed by atoms with Gasteiger partial charge in [-0.15, -0.1) is 0 Å². The highest BCUT2D eigenvalue weighted by Crippen LogP contribution is 2.36. The Bertz CT molecular complexity index is 1380. The van der Waals surface area contributed by atoms with Crippen LogP contribution in [0.3, 0.4) is 0 Å². The zero-order valence-corrected chi connectivity index (χ0v) is 22.6. The molecule has 1 heterocycles. The number of nitrogens with zero attached hydrogens (tertiary/aromatic N) is 2. The topological polar surface area (TPSA) is 111 Å². The lowest BCUT2D eigenvalue weighted by atomic mass is 10.1. The van der Waals surface area contributed by atoms with Gasteiger partial charge >= 0.3 is 12.0 Å². The maximum atomic E-state index is 15.2. The Morgan fingerprint density at radius 2 is 1.77 bits per heavy atom. The third-order valence-corrected chi connectivity index (χ3v) is 6.86. The van der Waals surface area contributed by atoms with E-state index in [1.54, 1.807) is 24.3 Å². The highest BCUT2D eigenvalue weighted by atomic mass is 19.1.